The predicted octanol–water partition coefficient (Wildman–Crippen LogP) is 6.57. The lowest BCUT2D eigenvalue weighted by Gasteiger charge is -2.19. The molecule has 0 aliphatic heterocycles. The standard InChI is InChI=1S/C27H30N2OS/c1-18-9-6-7-12-24(18)19(2)28-26(31)29-23-11-8-10-21(17-23)25(30)20-13-15-22(16-14-20)27(3,4)5/h6-17,19H,1-5H3,(H2,28,29,31). The van der Waals surface area contributed by atoms with E-state index in [9.17, 15) is 4.79 Å². The molecule has 2 N–H and O–H groups in total. The van der Waals surface area contributed by atoms with Crippen molar-refractivity contribution >= 4 is 28.8 Å². The van der Waals surface area contributed by atoms with Gasteiger partial charge in [0.05, 0.1) is 6.04 Å². The lowest BCUT2D eigenvalue weighted by molar-refractivity contribution is 0.103. The third-order valence-electron chi connectivity index (χ3n) is 5.40. The van der Waals surface area contributed by atoms with E-state index < -0.39 is 0 Å². The van der Waals surface area contributed by atoms with Gasteiger partial charge in [-0.3, -0.25) is 4.79 Å². The monoisotopic (exact) mass is 430 g/mol. The number of aryl methyl sites for hydroxylation is 1. The molecule has 160 valence electrons. The van der Waals surface area contributed by atoms with Crippen LogP contribution in [-0.2, 0) is 5.41 Å². The summed E-state index contributed by atoms with van der Waals surface area (Å²) in [6, 6.07) is 23.6. The van der Waals surface area contributed by atoms with Crippen molar-refractivity contribution < 1.29 is 4.79 Å². The van der Waals surface area contributed by atoms with Crippen molar-refractivity contribution in [3.05, 3.63) is 101 Å². The Balaban J connectivity index is 1.69. The molecule has 0 saturated heterocycles. The molecule has 0 spiro atoms. The van der Waals surface area contributed by atoms with E-state index in [1.165, 1.54) is 16.7 Å². The van der Waals surface area contributed by atoms with E-state index in [0.29, 0.717) is 16.2 Å². The van der Waals surface area contributed by atoms with E-state index in [1.54, 1.807) is 0 Å². The maximum atomic E-state index is 13.0. The number of carbonyl (C=O) groups is 1. The average Bonchev–Trinajstić information content (AvgIpc) is 2.73. The summed E-state index contributed by atoms with van der Waals surface area (Å²) < 4.78 is 0. The van der Waals surface area contributed by atoms with Crippen molar-refractivity contribution in [1.82, 2.24) is 5.32 Å². The number of benzene rings is 3. The zero-order valence-corrected chi connectivity index (χ0v) is 19.6. The van der Waals surface area contributed by atoms with Crippen LogP contribution < -0.4 is 10.6 Å². The maximum Gasteiger partial charge on any atom is 0.193 e. The Labute approximate surface area is 190 Å². The third kappa shape index (κ3) is 5.80. The molecule has 1 unspecified atom stereocenters. The van der Waals surface area contributed by atoms with Crippen molar-refractivity contribution in [2.75, 3.05) is 5.32 Å². The number of hydrogen-bond acceptors (Lipinski definition) is 2. The largest absolute Gasteiger partial charge is 0.356 e. The van der Waals surface area contributed by atoms with E-state index in [4.69, 9.17) is 12.2 Å². The summed E-state index contributed by atoms with van der Waals surface area (Å²) in [7, 11) is 0. The molecule has 0 aromatic heterocycles. The van der Waals surface area contributed by atoms with Gasteiger partial charge in [0, 0.05) is 16.8 Å². The highest BCUT2D eigenvalue weighted by Crippen LogP contribution is 2.23. The topological polar surface area (TPSA) is 41.1 Å². The number of nitrogens with one attached hydrogen (secondary N) is 2. The Bertz CT molecular complexity index is 1080. The smallest absolute Gasteiger partial charge is 0.193 e. The summed E-state index contributed by atoms with van der Waals surface area (Å²) in [4.78, 5) is 13.0. The predicted molar refractivity (Wildman–Crippen MR) is 134 cm³/mol. The fourth-order valence-corrected chi connectivity index (χ4v) is 3.84. The fourth-order valence-electron chi connectivity index (χ4n) is 3.54. The fraction of sp³-hybridized carbons (Fsp3) is 0.259. The van der Waals surface area contributed by atoms with E-state index in [0.717, 1.165) is 5.69 Å². The van der Waals surface area contributed by atoms with Crippen LogP contribution in [0.25, 0.3) is 0 Å². The molecule has 0 heterocycles. The van der Waals surface area contributed by atoms with Gasteiger partial charge in [-0.1, -0.05) is 81.4 Å². The van der Waals surface area contributed by atoms with Gasteiger partial charge in [0.15, 0.2) is 10.9 Å². The molecule has 3 rings (SSSR count). The van der Waals surface area contributed by atoms with Gasteiger partial charge in [-0.25, -0.2) is 0 Å². The van der Waals surface area contributed by atoms with Gasteiger partial charge in [0.1, 0.15) is 0 Å². The molecule has 3 aromatic carbocycles. The van der Waals surface area contributed by atoms with Crippen LogP contribution in [0.15, 0.2) is 72.8 Å². The lowest BCUT2D eigenvalue weighted by atomic mass is 9.86. The van der Waals surface area contributed by atoms with Crippen molar-refractivity contribution in [1.29, 1.82) is 0 Å². The van der Waals surface area contributed by atoms with E-state index in [1.807, 2.05) is 60.7 Å². The van der Waals surface area contributed by atoms with Crippen LogP contribution in [0.4, 0.5) is 5.69 Å². The van der Waals surface area contributed by atoms with Crippen molar-refractivity contribution in [3.63, 3.8) is 0 Å². The van der Waals surface area contributed by atoms with Crippen LogP contribution in [0.1, 0.15) is 66.3 Å². The molecular formula is C27H30N2OS. The Kier molecular flexibility index (Phi) is 6.91. The Morgan fingerprint density at radius 3 is 2.23 bits per heavy atom. The van der Waals surface area contributed by atoms with Gasteiger partial charge in [0.2, 0.25) is 0 Å². The van der Waals surface area contributed by atoms with Crippen molar-refractivity contribution in [2.45, 2.75) is 46.1 Å². The second-order valence-electron chi connectivity index (χ2n) is 8.91. The molecule has 1 atom stereocenters. The molecule has 3 aromatic rings. The number of ketones is 1. The Morgan fingerprint density at radius 2 is 1.58 bits per heavy atom. The minimum absolute atomic E-state index is 0.00346. The molecule has 3 nitrogen and oxygen atoms in total. The van der Waals surface area contributed by atoms with Crippen molar-refractivity contribution in [3.8, 4) is 0 Å². The molecule has 31 heavy (non-hydrogen) atoms. The molecule has 0 fully saturated rings. The molecule has 4 heteroatoms. The molecule has 0 saturated carbocycles. The second kappa shape index (κ2) is 9.44. The molecular weight excluding hydrogens is 400 g/mol. The van der Waals surface area contributed by atoms with Gasteiger partial charge in [-0.2, -0.15) is 0 Å². The zero-order valence-electron chi connectivity index (χ0n) is 18.8. The quantitative estimate of drug-likeness (QED) is 0.355. The van der Waals surface area contributed by atoms with Crippen LogP contribution in [0.5, 0.6) is 0 Å². The Hall–Kier alpha value is -2.98. The van der Waals surface area contributed by atoms with Crippen LogP contribution in [-0.4, -0.2) is 10.9 Å². The highest BCUT2D eigenvalue weighted by atomic mass is 32.1. The maximum absolute atomic E-state index is 13.0. The van der Waals surface area contributed by atoms with E-state index in [-0.39, 0.29) is 17.2 Å². The normalized spacial score (nSPS) is 12.2. The number of thiocarbonyl (C=S) groups is 1. The number of carbonyl (C=O) groups excluding carboxylic acids is 1. The molecule has 0 radical (unpaired) electrons. The minimum atomic E-state index is -0.00346. The first kappa shape index (κ1) is 22.7. The van der Waals surface area contributed by atoms with Crippen molar-refractivity contribution in [2.24, 2.45) is 0 Å². The first-order chi connectivity index (χ1) is 14.6. The first-order valence-corrected chi connectivity index (χ1v) is 10.9. The van der Waals surface area contributed by atoms with E-state index in [2.05, 4.69) is 57.4 Å². The summed E-state index contributed by atoms with van der Waals surface area (Å²) in [6.45, 7) is 10.7. The highest BCUT2D eigenvalue weighted by molar-refractivity contribution is 7.80. The molecule has 0 amide bonds. The molecule has 0 aliphatic carbocycles. The highest BCUT2D eigenvalue weighted by Gasteiger charge is 2.15. The first-order valence-electron chi connectivity index (χ1n) is 10.5. The average molecular weight is 431 g/mol. The van der Waals surface area contributed by atoms with E-state index >= 15 is 0 Å². The van der Waals surface area contributed by atoms with Gasteiger partial charge in [-0.05, 0) is 60.3 Å². The lowest BCUT2D eigenvalue weighted by Crippen LogP contribution is -2.31. The second-order valence-corrected chi connectivity index (χ2v) is 9.32. The van der Waals surface area contributed by atoms with Gasteiger partial charge in [-0.15, -0.1) is 0 Å². The molecule has 0 aliphatic rings. The number of rotatable bonds is 5. The number of anilines is 1. The van der Waals surface area contributed by atoms with Gasteiger partial charge in [0.25, 0.3) is 0 Å². The van der Waals surface area contributed by atoms with Gasteiger partial charge < -0.3 is 10.6 Å². The third-order valence-corrected chi connectivity index (χ3v) is 5.62. The van der Waals surface area contributed by atoms with Gasteiger partial charge >= 0.3 is 0 Å². The Morgan fingerprint density at radius 1 is 0.903 bits per heavy atom. The summed E-state index contributed by atoms with van der Waals surface area (Å²) in [6.07, 6.45) is 0. The summed E-state index contributed by atoms with van der Waals surface area (Å²) in [5, 5.41) is 7.05. The van der Waals surface area contributed by atoms with Crippen LogP contribution in [0, 0.1) is 6.92 Å². The zero-order chi connectivity index (χ0) is 22.6. The van der Waals surface area contributed by atoms with Crippen LogP contribution in [0.3, 0.4) is 0 Å². The minimum Gasteiger partial charge on any atom is -0.356 e. The molecule has 0 bridgehead atoms. The summed E-state index contributed by atoms with van der Waals surface area (Å²) in [5.41, 5.74) is 5.78. The number of hydrogen-bond donors (Lipinski definition) is 2. The summed E-state index contributed by atoms with van der Waals surface area (Å²) >= 11 is 5.50. The summed E-state index contributed by atoms with van der Waals surface area (Å²) in [5.74, 6) is -0.00346. The van der Waals surface area contributed by atoms with Crippen LogP contribution in [0.2, 0.25) is 0 Å². The SMILES string of the molecule is Cc1ccccc1C(C)NC(=S)Nc1cccc(C(=O)c2ccc(C(C)(C)C)cc2)c1. The van der Waals surface area contributed by atoms with Crippen LogP contribution >= 0.6 is 12.2 Å².